The van der Waals surface area contributed by atoms with Crippen molar-refractivity contribution in [2.75, 3.05) is 18.6 Å². The molecule has 1 rings (SSSR count). The van der Waals surface area contributed by atoms with Crippen LogP contribution in [0.15, 0.2) is 0 Å². The highest BCUT2D eigenvalue weighted by Crippen LogP contribution is 2.43. The number of sulfone groups is 1. The SMILES string of the molecule is CS(=O)(=O)CCCNC(=O)CC1(CC(=O)O)CCCC1. The lowest BCUT2D eigenvalue weighted by atomic mass is 9.79. The van der Waals surface area contributed by atoms with Crippen LogP contribution in [0.25, 0.3) is 0 Å². The minimum Gasteiger partial charge on any atom is -0.481 e. The van der Waals surface area contributed by atoms with Crippen molar-refractivity contribution in [2.24, 2.45) is 5.41 Å². The molecule has 6 nitrogen and oxygen atoms in total. The summed E-state index contributed by atoms with van der Waals surface area (Å²) in [6.07, 6.45) is 5.28. The largest absolute Gasteiger partial charge is 0.481 e. The number of hydrogen-bond acceptors (Lipinski definition) is 4. The van der Waals surface area contributed by atoms with Crippen LogP contribution >= 0.6 is 0 Å². The molecular formula is C13H23NO5S. The van der Waals surface area contributed by atoms with Crippen molar-refractivity contribution in [2.45, 2.75) is 44.9 Å². The van der Waals surface area contributed by atoms with Gasteiger partial charge in [-0.3, -0.25) is 9.59 Å². The summed E-state index contributed by atoms with van der Waals surface area (Å²) in [4.78, 5) is 22.8. The number of amides is 1. The molecule has 1 saturated carbocycles. The molecule has 1 aliphatic rings. The van der Waals surface area contributed by atoms with E-state index in [9.17, 15) is 18.0 Å². The van der Waals surface area contributed by atoms with Gasteiger partial charge in [-0.05, 0) is 24.7 Å². The molecule has 0 saturated heterocycles. The molecule has 0 aromatic heterocycles. The van der Waals surface area contributed by atoms with Crippen LogP contribution in [0.5, 0.6) is 0 Å². The lowest BCUT2D eigenvalue weighted by Gasteiger charge is -2.26. The van der Waals surface area contributed by atoms with E-state index in [0.717, 1.165) is 31.9 Å². The molecule has 0 aliphatic heterocycles. The Morgan fingerprint density at radius 3 is 2.30 bits per heavy atom. The number of carboxylic acid groups (broad SMARTS) is 1. The molecule has 0 bridgehead atoms. The van der Waals surface area contributed by atoms with Crippen LogP contribution in [0.4, 0.5) is 0 Å². The van der Waals surface area contributed by atoms with E-state index in [4.69, 9.17) is 5.11 Å². The molecular weight excluding hydrogens is 282 g/mol. The van der Waals surface area contributed by atoms with E-state index in [1.54, 1.807) is 0 Å². The maximum Gasteiger partial charge on any atom is 0.303 e. The summed E-state index contributed by atoms with van der Waals surface area (Å²) in [6.45, 7) is 0.315. The van der Waals surface area contributed by atoms with Crippen LogP contribution in [-0.2, 0) is 19.4 Å². The molecule has 0 spiro atoms. The smallest absolute Gasteiger partial charge is 0.303 e. The van der Waals surface area contributed by atoms with Crippen LogP contribution in [0.3, 0.4) is 0 Å². The Bertz CT molecular complexity index is 451. The highest BCUT2D eigenvalue weighted by Gasteiger charge is 2.37. The Hall–Kier alpha value is -1.11. The molecule has 0 heterocycles. The van der Waals surface area contributed by atoms with Gasteiger partial charge in [-0.1, -0.05) is 12.8 Å². The fraction of sp³-hybridized carbons (Fsp3) is 0.846. The third kappa shape index (κ3) is 6.36. The van der Waals surface area contributed by atoms with Gasteiger partial charge in [0.1, 0.15) is 9.84 Å². The Morgan fingerprint density at radius 1 is 1.20 bits per heavy atom. The first-order chi connectivity index (χ1) is 9.22. The zero-order valence-electron chi connectivity index (χ0n) is 11.9. The van der Waals surface area contributed by atoms with Gasteiger partial charge in [-0.25, -0.2) is 8.42 Å². The van der Waals surface area contributed by atoms with Crippen LogP contribution in [0.2, 0.25) is 0 Å². The van der Waals surface area contributed by atoms with E-state index in [-0.39, 0.29) is 24.5 Å². The maximum atomic E-state index is 11.9. The molecule has 0 unspecified atom stereocenters. The predicted molar refractivity (Wildman–Crippen MR) is 75.1 cm³/mol. The summed E-state index contributed by atoms with van der Waals surface area (Å²) in [5.74, 6) is -0.994. The molecule has 0 radical (unpaired) electrons. The summed E-state index contributed by atoms with van der Waals surface area (Å²) >= 11 is 0. The molecule has 0 aromatic carbocycles. The number of nitrogens with one attached hydrogen (secondary N) is 1. The molecule has 1 amide bonds. The van der Waals surface area contributed by atoms with Gasteiger partial charge in [0.15, 0.2) is 0 Å². The van der Waals surface area contributed by atoms with Gasteiger partial charge in [0, 0.05) is 19.2 Å². The van der Waals surface area contributed by atoms with E-state index < -0.39 is 21.2 Å². The molecule has 2 N–H and O–H groups in total. The minimum absolute atomic E-state index is 0.0315. The summed E-state index contributed by atoms with van der Waals surface area (Å²) in [5.41, 5.74) is -0.410. The Balaban J connectivity index is 2.37. The summed E-state index contributed by atoms with van der Waals surface area (Å²) < 4.78 is 21.9. The molecule has 7 heteroatoms. The Morgan fingerprint density at radius 2 is 1.80 bits per heavy atom. The predicted octanol–water partition coefficient (Wildman–Crippen LogP) is 0.962. The van der Waals surface area contributed by atoms with E-state index in [2.05, 4.69) is 5.32 Å². The van der Waals surface area contributed by atoms with Crippen molar-refractivity contribution in [3.63, 3.8) is 0 Å². The number of carboxylic acids is 1. The normalized spacial score (nSPS) is 17.9. The third-order valence-electron chi connectivity index (χ3n) is 3.74. The molecule has 1 fully saturated rings. The van der Waals surface area contributed by atoms with Crippen molar-refractivity contribution in [3.05, 3.63) is 0 Å². The first-order valence-electron chi connectivity index (χ1n) is 6.89. The minimum atomic E-state index is -3.00. The average Bonchev–Trinajstić information content (AvgIpc) is 2.70. The maximum absolute atomic E-state index is 11.9. The van der Waals surface area contributed by atoms with Crippen molar-refractivity contribution in [1.29, 1.82) is 0 Å². The first kappa shape index (κ1) is 16.9. The number of rotatable bonds is 8. The Kier molecular flexibility index (Phi) is 5.98. The third-order valence-corrected chi connectivity index (χ3v) is 4.77. The second-order valence-electron chi connectivity index (χ2n) is 5.79. The van der Waals surface area contributed by atoms with E-state index in [0.29, 0.717) is 13.0 Å². The Labute approximate surface area is 119 Å². The fourth-order valence-electron chi connectivity index (χ4n) is 2.83. The number of carbonyl (C=O) groups is 2. The number of hydrogen-bond donors (Lipinski definition) is 2. The van der Waals surface area contributed by atoms with Gasteiger partial charge in [0.05, 0.1) is 12.2 Å². The lowest BCUT2D eigenvalue weighted by molar-refractivity contribution is -0.140. The van der Waals surface area contributed by atoms with Gasteiger partial charge in [0.25, 0.3) is 0 Å². The summed E-state index contributed by atoms with van der Waals surface area (Å²) in [5, 5.41) is 11.6. The molecule has 1 aliphatic carbocycles. The molecule has 0 aromatic rings. The second kappa shape index (κ2) is 7.06. The summed E-state index contributed by atoms with van der Waals surface area (Å²) in [6, 6.07) is 0. The quantitative estimate of drug-likeness (QED) is 0.651. The topological polar surface area (TPSA) is 101 Å². The zero-order valence-corrected chi connectivity index (χ0v) is 12.7. The second-order valence-corrected chi connectivity index (χ2v) is 8.05. The van der Waals surface area contributed by atoms with Crippen molar-refractivity contribution < 1.29 is 23.1 Å². The van der Waals surface area contributed by atoms with Crippen molar-refractivity contribution in [1.82, 2.24) is 5.32 Å². The van der Waals surface area contributed by atoms with Gasteiger partial charge in [-0.15, -0.1) is 0 Å². The van der Waals surface area contributed by atoms with Crippen LogP contribution in [0, 0.1) is 5.41 Å². The molecule has 20 heavy (non-hydrogen) atoms. The molecule has 116 valence electrons. The van der Waals surface area contributed by atoms with Crippen molar-refractivity contribution in [3.8, 4) is 0 Å². The van der Waals surface area contributed by atoms with Gasteiger partial charge < -0.3 is 10.4 Å². The van der Waals surface area contributed by atoms with Crippen LogP contribution in [0.1, 0.15) is 44.9 Å². The molecule has 0 atom stereocenters. The van der Waals surface area contributed by atoms with Gasteiger partial charge in [-0.2, -0.15) is 0 Å². The van der Waals surface area contributed by atoms with Crippen molar-refractivity contribution >= 4 is 21.7 Å². The lowest BCUT2D eigenvalue weighted by Crippen LogP contribution is -2.33. The first-order valence-corrected chi connectivity index (χ1v) is 8.95. The van der Waals surface area contributed by atoms with E-state index >= 15 is 0 Å². The van der Waals surface area contributed by atoms with Gasteiger partial charge in [0.2, 0.25) is 5.91 Å². The summed E-state index contributed by atoms with van der Waals surface area (Å²) in [7, 11) is -3.00. The monoisotopic (exact) mass is 305 g/mol. The fourth-order valence-corrected chi connectivity index (χ4v) is 3.50. The number of carbonyl (C=O) groups excluding carboxylic acids is 1. The highest BCUT2D eigenvalue weighted by molar-refractivity contribution is 7.90. The van der Waals surface area contributed by atoms with E-state index in [1.807, 2.05) is 0 Å². The van der Waals surface area contributed by atoms with Crippen LogP contribution < -0.4 is 5.32 Å². The van der Waals surface area contributed by atoms with E-state index in [1.165, 1.54) is 0 Å². The number of aliphatic carboxylic acids is 1. The highest BCUT2D eigenvalue weighted by atomic mass is 32.2. The average molecular weight is 305 g/mol. The standard InChI is InChI=1S/C13H23NO5S/c1-20(18,19)8-4-7-14-11(15)9-13(10-12(16)17)5-2-3-6-13/h2-10H2,1H3,(H,14,15)(H,16,17). The zero-order chi connectivity index (χ0) is 15.2. The van der Waals surface area contributed by atoms with Gasteiger partial charge >= 0.3 is 5.97 Å². The van der Waals surface area contributed by atoms with Crippen LogP contribution in [-0.4, -0.2) is 44.0 Å².